The number of hydrogen-bond donors (Lipinski definition) is 2. The summed E-state index contributed by atoms with van der Waals surface area (Å²) in [5, 5.41) is 14.4. The summed E-state index contributed by atoms with van der Waals surface area (Å²) in [7, 11) is 0. The minimum absolute atomic E-state index is 0.436. The zero-order valence-corrected chi connectivity index (χ0v) is 11.7. The maximum absolute atomic E-state index is 5.55. The van der Waals surface area contributed by atoms with Gasteiger partial charge in [0.15, 0.2) is 0 Å². The fourth-order valence-corrected chi connectivity index (χ4v) is 1.87. The van der Waals surface area contributed by atoms with E-state index in [0.717, 1.165) is 29.8 Å². The molecule has 1 heterocycles. The van der Waals surface area contributed by atoms with Crippen molar-refractivity contribution in [2.75, 3.05) is 11.9 Å². The summed E-state index contributed by atoms with van der Waals surface area (Å²) in [4.78, 5) is 0. The van der Waals surface area contributed by atoms with Crippen molar-refractivity contribution in [1.82, 2.24) is 15.5 Å². The van der Waals surface area contributed by atoms with Crippen LogP contribution >= 0.6 is 0 Å². The van der Waals surface area contributed by atoms with Gasteiger partial charge >= 0.3 is 6.01 Å². The second kappa shape index (κ2) is 6.33. The predicted molar refractivity (Wildman–Crippen MR) is 75.5 cm³/mol. The first-order chi connectivity index (χ1) is 9.20. The fraction of sp³-hybridized carbons (Fsp3) is 0.429. The van der Waals surface area contributed by atoms with Gasteiger partial charge in [0.25, 0.3) is 0 Å². The van der Waals surface area contributed by atoms with Crippen LogP contribution in [-0.2, 0) is 6.54 Å². The molecule has 0 aliphatic carbocycles. The Balaban J connectivity index is 2.03. The fourth-order valence-electron chi connectivity index (χ4n) is 1.87. The summed E-state index contributed by atoms with van der Waals surface area (Å²) >= 11 is 0. The summed E-state index contributed by atoms with van der Waals surface area (Å²) in [5.74, 6) is 0.599. The van der Waals surface area contributed by atoms with Gasteiger partial charge < -0.3 is 15.1 Å². The van der Waals surface area contributed by atoms with Gasteiger partial charge in [0.1, 0.15) is 0 Å². The van der Waals surface area contributed by atoms with Crippen molar-refractivity contribution in [3.63, 3.8) is 0 Å². The van der Waals surface area contributed by atoms with Crippen molar-refractivity contribution >= 4 is 11.7 Å². The molecule has 0 aliphatic heterocycles. The number of nitrogens with zero attached hydrogens (tertiary/aromatic N) is 2. The Hall–Kier alpha value is -1.88. The van der Waals surface area contributed by atoms with Crippen LogP contribution in [0.15, 0.2) is 22.6 Å². The number of aryl methyl sites for hydroxylation is 2. The summed E-state index contributed by atoms with van der Waals surface area (Å²) in [6.07, 6.45) is 1.08. The van der Waals surface area contributed by atoms with Crippen LogP contribution in [-0.4, -0.2) is 16.7 Å². The molecule has 2 N–H and O–H groups in total. The smallest absolute Gasteiger partial charge is 0.320 e. The van der Waals surface area contributed by atoms with E-state index >= 15 is 0 Å². The molecule has 0 bridgehead atoms. The van der Waals surface area contributed by atoms with E-state index < -0.39 is 0 Å². The highest BCUT2D eigenvalue weighted by molar-refractivity contribution is 5.61. The second-order valence-corrected chi connectivity index (χ2v) is 4.57. The number of aromatic nitrogens is 2. The molecular weight excluding hydrogens is 240 g/mol. The Morgan fingerprint density at radius 1 is 1.16 bits per heavy atom. The highest BCUT2D eigenvalue weighted by Crippen LogP contribution is 2.23. The molecule has 0 saturated heterocycles. The van der Waals surface area contributed by atoms with E-state index in [9.17, 15) is 0 Å². The molecule has 0 unspecified atom stereocenters. The van der Waals surface area contributed by atoms with Crippen molar-refractivity contribution in [2.45, 2.75) is 33.7 Å². The topological polar surface area (TPSA) is 63.0 Å². The first-order valence-corrected chi connectivity index (χ1v) is 6.57. The van der Waals surface area contributed by atoms with Crippen LogP contribution in [0.5, 0.6) is 0 Å². The highest BCUT2D eigenvalue weighted by atomic mass is 16.4. The molecule has 2 aromatic rings. The minimum atomic E-state index is 0.436. The Bertz CT molecular complexity index is 516. The molecule has 0 atom stereocenters. The number of nitrogens with one attached hydrogen (secondary N) is 2. The molecule has 0 fully saturated rings. The molecular formula is C14H20N4O. The normalized spacial score (nSPS) is 10.7. The number of rotatable bonds is 6. The van der Waals surface area contributed by atoms with Gasteiger partial charge in [-0.25, -0.2) is 0 Å². The lowest BCUT2D eigenvalue weighted by atomic mass is 10.1. The molecule has 102 valence electrons. The van der Waals surface area contributed by atoms with Crippen molar-refractivity contribution in [2.24, 2.45) is 0 Å². The third-order valence-electron chi connectivity index (χ3n) is 2.88. The predicted octanol–water partition coefficient (Wildman–Crippen LogP) is 2.93. The third-order valence-corrected chi connectivity index (χ3v) is 2.88. The zero-order valence-electron chi connectivity index (χ0n) is 11.7. The lowest BCUT2D eigenvalue weighted by Crippen LogP contribution is -2.13. The molecule has 19 heavy (non-hydrogen) atoms. The number of para-hydroxylation sites is 1. The van der Waals surface area contributed by atoms with E-state index in [2.05, 4.69) is 53.7 Å². The van der Waals surface area contributed by atoms with Crippen molar-refractivity contribution in [1.29, 1.82) is 0 Å². The lowest BCUT2D eigenvalue weighted by Gasteiger charge is -2.08. The first kappa shape index (κ1) is 13.5. The molecule has 0 spiro atoms. The monoisotopic (exact) mass is 260 g/mol. The van der Waals surface area contributed by atoms with Crippen LogP contribution in [0.25, 0.3) is 0 Å². The van der Waals surface area contributed by atoms with E-state index in [-0.39, 0.29) is 0 Å². The molecule has 0 amide bonds. The van der Waals surface area contributed by atoms with Crippen LogP contribution in [0.1, 0.15) is 30.4 Å². The highest BCUT2D eigenvalue weighted by Gasteiger charge is 2.08. The first-order valence-electron chi connectivity index (χ1n) is 6.57. The molecule has 2 rings (SSSR count). The summed E-state index contributed by atoms with van der Waals surface area (Å²) in [6, 6.07) is 6.57. The molecule has 1 aromatic heterocycles. The Morgan fingerprint density at radius 3 is 2.58 bits per heavy atom. The van der Waals surface area contributed by atoms with E-state index in [1.54, 1.807) is 0 Å². The average molecular weight is 260 g/mol. The van der Waals surface area contributed by atoms with Gasteiger partial charge in [-0.05, 0) is 37.9 Å². The Morgan fingerprint density at radius 2 is 1.89 bits per heavy atom. The van der Waals surface area contributed by atoms with Crippen LogP contribution < -0.4 is 10.6 Å². The summed E-state index contributed by atoms with van der Waals surface area (Å²) < 4.78 is 5.55. The molecule has 0 saturated carbocycles. The van der Waals surface area contributed by atoms with Crippen molar-refractivity contribution in [3.05, 3.63) is 35.2 Å². The van der Waals surface area contributed by atoms with E-state index in [1.165, 1.54) is 0 Å². The molecule has 5 nitrogen and oxygen atoms in total. The maximum Gasteiger partial charge on any atom is 0.320 e. The van der Waals surface area contributed by atoms with Crippen LogP contribution in [0.4, 0.5) is 11.7 Å². The van der Waals surface area contributed by atoms with Gasteiger partial charge in [0, 0.05) is 5.69 Å². The SMILES string of the molecule is CCCNCc1nnc(Nc2c(C)cccc2C)o1. The molecule has 1 aromatic carbocycles. The lowest BCUT2D eigenvalue weighted by molar-refractivity contribution is 0.479. The molecule has 0 aliphatic rings. The Kier molecular flexibility index (Phi) is 4.52. The van der Waals surface area contributed by atoms with Crippen molar-refractivity contribution < 1.29 is 4.42 Å². The van der Waals surface area contributed by atoms with Crippen LogP contribution in [0, 0.1) is 13.8 Å². The van der Waals surface area contributed by atoms with Gasteiger partial charge in [-0.1, -0.05) is 30.2 Å². The van der Waals surface area contributed by atoms with Crippen LogP contribution in [0.3, 0.4) is 0 Å². The molecule has 0 radical (unpaired) electrons. The van der Waals surface area contributed by atoms with E-state index in [1.807, 2.05) is 6.07 Å². The standard InChI is InChI=1S/C14H20N4O/c1-4-8-15-9-12-17-18-14(19-12)16-13-10(2)6-5-7-11(13)3/h5-7,15H,4,8-9H2,1-3H3,(H,16,18). The minimum Gasteiger partial charge on any atom is -0.406 e. The number of hydrogen-bond acceptors (Lipinski definition) is 5. The average Bonchev–Trinajstić information content (AvgIpc) is 2.82. The number of benzene rings is 1. The number of anilines is 2. The summed E-state index contributed by atoms with van der Waals surface area (Å²) in [6.45, 7) is 7.77. The largest absolute Gasteiger partial charge is 0.406 e. The maximum atomic E-state index is 5.55. The quantitative estimate of drug-likeness (QED) is 0.782. The molecule has 5 heteroatoms. The van der Waals surface area contributed by atoms with E-state index in [4.69, 9.17) is 4.42 Å². The van der Waals surface area contributed by atoms with E-state index in [0.29, 0.717) is 18.5 Å². The second-order valence-electron chi connectivity index (χ2n) is 4.57. The van der Waals surface area contributed by atoms with Crippen molar-refractivity contribution in [3.8, 4) is 0 Å². The Labute approximate surface area is 113 Å². The third kappa shape index (κ3) is 3.54. The van der Waals surface area contributed by atoms with Gasteiger partial charge in [0.05, 0.1) is 6.54 Å². The van der Waals surface area contributed by atoms with Gasteiger partial charge in [-0.15, -0.1) is 5.10 Å². The van der Waals surface area contributed by atoms with Crippen LogP contribution in [0.2, 0.25) is 0 Å². The summed E-state index contributed by atoms with van der Waals surface area (Å²) in [5.41, 5.74) is 3.34. The zero-order chi connectivity index (χ0) is 13.7. The van der Waals surface area contributed by atoms with Gasteiger partial charge in [0.2, 0.25) is 5.89 Å². The van der Waals surface area contributed by atoms with Gasteiger partial charge in [-0.3, -0.25) is 0 Å². The van der Waals surface area contributed by atoms with Gasteiger partial charge in [-0.2, -0.15) is 0 Å².